The Hall–Kier alpha value is -1.76. The van der Waals surface area contributed by atoms with Crippen molar-refractivity contribution >= 4 is 22.4 Å². The third-order valence-electron chi connectivity index (χ3n) is 2.01. The SMILES string of the molecule is CCc1nnc(NC(=O)c2nccn2C)s1. The third kappa shape index (κ3) is 2.08. The lowest BCUT2D eigenvalue weighted by Gasteiger charge is -2.00. The van der Waals surface area contributed by atoms with Crippen molar-refractivity contribution in [1.29, 1.82) is 0 Å². The van der Waals surface area contributed by atoms with Crippen molar-refractivity contribution in [3.05, 3.63) is 23.2 Å². The summed E-state index contributed by atoms with van der Waals surface area (Å²) in [5.41, 5.74) is 0. The lowest BCUT2D eigenvalue weighted by atomic mass is 10.5. The van der Waals surface area contributed by atoms with Gasteiger partial charge in [0.1, 0.15) is 5.01 Å². The summed E-state index contributed by atoms with van der Waals surface area (Å²) in [5.74, 6) is 0.0829. The van der Waals surface area contributed by atoms with Crippen LogP contribution in [0.5, 0.6) is 0 Å². The van der Waals surface area contributed by atoms with Gasteiger partial charge in [0.05, 0.1) is 0 Å². The van der Waals surface area contributed by atoms with E-state index in [1.807, 2.05) is 6.92 Å². The van der Waals surface area contributed by atoms with Crippen molar-refractivity contribution < 1.29 is 4.79 Å². The van der Waals surface area contributed by atoms with Crippen LogP contribution in [0.2, 0.25) is 0 Å². The van der Waals surface area contributed by atoms with E-state index in [-0.39, 0.29) is 5.91 Å². The molecule has 0 aliphatic carbocycles. The first-order chi connectivity index (χ1) is 7.70. The Labute approximate surface area is 96.3 Å². The van der Waals surface area contributed by atoms with Crippen LogP contribution in [-0.2, 0) is 13.5 Å². The molecule has 0 aliphatic rings. The largest absolute Gasteiger partial charge is 0.330 e. The molecule has 0 aliphatic heterocycles. The smallest absolute Gasteiger partial charge is 0.293 e. The van der Waals surface area contributed by atoms with Crippen LogP contribution in [0.4, 0.5) is 5.13 Å². The number of hydrogen-bond acceptors (Lipinski definition) is 5. The minimum Gasteiger partial charge on any atom is -0.330 e. The number of nitrogens with zero attached hydrogens (tertiary/aromatic N) is 4. The number of anilines is 1. The molecule has 0 spiro atoms. The van der Waals surface area contributed by atoms with E-state index in [0.717, 1.165) is 11.4 Å². The van der Waals surface area contributed by atoms with Crippen molar-refractivity contribution in [3.8, 4) is 0 Å². The fraction of sp³-hybridized carbons (Fsp3) is 0.333. The van der Waals surface area contributed by atoms with Crippen LogP contribution in [0.25, 0.3) is 0 Å². The number of amides is 1. The molecule has 1 N–H and O–H groups in total. The van der Waals surface area contributed by atoms with Gasteiger partial charge in [0.25, 0.3) is 5.91 Å². The predicted octanol–water partition coefficient (Wildman–Crippen LogP) is 1.09. The number of aryl methyl sites for hydroxylation is 2. The number of aromatic nitrogens is 4. The van der Waals surface area contributed by atoms with E-state index in [9.17, 15) is 4.79 Å². The Bertz CT molecular complexity index is 503. The van der Waals surface area contributed by atoms with E-state index in [1.54, 1.807) is 24.0 Å². The van der Waals surface area contributed by atoms with Gasteiger partial charge in [-0.2, -0.15) is 0 Å². The van der Waals surface area contributed by atoms with Crippen LogP contribution in [0.3, 0.4) is 0 Å². The standard InChI is InChI=1S/C9H11N5OS/c1-3-6-12-13-9(16-6)11-8(15)7-10-4-5-14(7)2/h4-5H,3H2,1-2H3,(H,11,13,15). The first-order valence-corrected chi connectivity index (χ1v) is 5.63. The molecule has 0 unspecified atom stereocenters. The lowest BCUT2D eigenvalue weighted by Crippen LogP contribution is -2.16. The molecule has 2 rings (SSSR count). The second-order valence-electron chi connectivity index (χ2n) is 3.17. The maximum atomic E-state index is 11.7. The first kappa shape index (κ1) is 10.7. The van der Waals surface area contributed by atoms with Crippen molar-refractivity contribution in [2.45, 2.75) is 13.3 Å². The first-order valence-electron chi connectivity index (χ1n) is 4.81. The van der Waals surface area contributed by atoms with E-state index >= 15 is 0 Å². The summed E-state index contributed by atoms with van der Waals surface area (Å²) in [6.07, 6.45) is 4.11. The van der Waals surface area contributed by atoms with Crippen molar-refractivity contribution in [1.82, 2.24) is 19.7 Å². The molecule has 0 fully saturated rings. The van der Waals surface area contributed by atoms with Gasteiger partial charge in [-0.15, -0.1) is 10.2 Å². The van der Waals surface area contributed by atoms with Gasteiger partial charge in [0, 0.05) is 19.4 Å². The van der Waals surface area contributed by atoms with Gasteiger partial charge >= 0.3 is 0 Å². The third-order valence-corrected chi connectivity index (χ3v) is 3.00. The molecule has 0 saturated heterocycles. The number of carbonyl (C=O) groups is 1. The maximum Gasteiger partial charge on any atom is 0.293 e. The van der Waals surface area contributed by atoms with Gasteiger partial charge in [0.2, 0.25) is 5.13 Å². The number of imidazole rings is 1. The van der Waals surface area contributed by atoms with Gasteiger partial charge in [-0.3, -0.25) is 10.1 Å². The van der Waals surface area contributed by atoms with Gasteiger partial charge in [0.15, 0.2) is 5.82 Å². The molecule has 0 radical (unpaired) electrons. The molecule has 7 heteroatoms. The van der Waals surface area contributed by atoms with Crippen LogP contribution < -0.4 is 5.32 Å². The molecule has 84 valence electrons. The van der Waals surface area contributed by atoms with Gasteiger partial charge < -0.3 is 4.57 Å². The van der Waals surface area contributed by atoms with Crippen LogP contribution in [-0.4, -0.2) is 25.7 Å². The Kier molecular flexibility index (Phi) is 2.95. The second kappa shape index (κ2) is 4.40. The number of hydrogen-bond donors (Lipinski definition) is 1. The van der Waals surface area contributed by atoms with Crippen molar-refractivity contribution in [2.75, 3.05) is 5.32 Å². The van der Waals surface area contributed by atoms with Crippen molar-refractivity contribution in [2.24, 2.45) is 7.05 Å². The average molecular weight is 237 g/mol. The zero-order valence-electron chi connectivity index (χ0n) is 8.97. The lowest BCUT2D eigenvalue weighted by molar-refractivity contribution is 0.101. The monoisotopic (exact) mass is 237 g/mol. The number of rotatable bonds is 3. The molecular formula is C9H11N5OS. The summed E-state index contributed by atoms with van der Waals surface area (Å²) >= 11 is 1.37. The highest BCUT2D eigenvalue weighted by Crippen LogP contribution is 2.15. The fourth-order valence-electron chi connectivity index (χ4n) is 1.18. The van der Waals surface area contributed by atoms with Crippen LogP contribution in [0.15, 0.2) is 12.4 Å². The number of carbonyl (C=O) groups excluding carboxylic acids is 1. The Balaban J connectivity index is 2.11. The average Bonchev–Trinajstić information content (AvgIpc) is 2.86. The van der Waals surface area contributed by atoms with Gasteiger partial charge in [-0.05, 0) is 6.42 Å². The molecule has 0 aromatic carbocycles. The predicted molar refractivity (Wildman–Crippen MR) is 60.4 cm³/mol. The van der Waals surface area contributed by atoms with Gasteiger partial charge in [-0.1, -0.05) is 18.3 Å². The highest BCUT2D eigenvalue weighted by Gasteiger charge is 2.13. The van der Waals surface area contributed by atoms with Crippen LogP contribution in [0.1, 0.15) is 22.6 Å². The summed E-state index contributed by atoms with van der Waals surface area (Å²) < 4.78 is 1.65. The van der Waals surface area contributed by atoms with E-state index in [4.69, 9.17) is 0 Å². The minimum atomic E-state index is -0.272. The summed E-state index contributed by atoms with van der Waals surface area (Å²) in [7, 11) is 1.76. The highest BCUT2D eigenvalue weighted by molar-refractivity contribution is 7.15. The second-order valence-corrected chi connectivity index (χ2v) is 4.23. The topological polar surface area (TPSA) is 72.7 Å². The molecule has 16 heavy (non-hydrogen) atoms. The summed E-state index contributed by atoms with van der Waals surface area (Å²) in [5, 5.41) is 11.8. The summed E-state index contributed by atoms with van der Waals surface area (Å²) in [6, 6.07) is 0. The zero-order valence-corrected chi connectivity index (χ0v) is 9.78. The van der Waals surface area contributed by atoms with Crippen LogP contribution >= 0.6 is 11.3 Å². The molecule has 0 atom stereocenters. The van der Waals surface area contributed by atoms with E-state index in [1.165, 1.54) is 11.3 Å². The van der Waals surface area contributed by atoms with E-state index in [0.29, 0.717) is 11.0 Å². The zero-order chi connectivity index (χ0) is 11.5. The molecular weight excluding hydrogens is 226 g/mol. The van der Waals surface area contributed by atoms with Crippen molar-refractivity contribution in [3.63, 3.8) is 0 Å². The highest BCUT2D eigenvalue weighted by atomic mass is 32.1. The maximum absolute atomic E-state index is 11.7. The molecule has 2 aromatic heterocycles. The fourth-order valence-corrected chi connectivity index (χ4v) is 1.86. The Morgan fingerprint density at radius 3 is 2.94 bits per heavy atom. The molecule has 6 nitrogen and oxygen atoms in total. The Morgan fingerprint density at radius 1 is 1.56 bits per heavy atom. The van der Waals surface area contributed by atoms with E-state index < -0.39 is 0 Å². The molecule has 2 heterocycles. The molecule has 0 bridgehead atoms. The van der Waals surface area contributed by atoms with Crippen LogP contribution in [0, 0.1) is 0 Å². The molecule has 1 amide bonds. The summed E-state index contributed by atoms with van der Waals surface area (Å²) in [6.45, 7) is 1.99. The summed E-state index contributed by atoms with van der Waals surface area (Å²) in [4.78, 5) is 15.7. The number of nitrogens with one attached hydrogen (secondary N) is 1. The quantitative estimate of drug-likeness (QED) is 0.867. The molecule has 2 aromatic rings. The Morgan fingerprint density at radius 2 is 2.38 bits per heavy atom. The normalized spacial score (nSPS) is 10.4. The molecule has 0 saturated carbocycles. The van der Waals surface area contributed by atoms with Gasteiger partial charge in [-0.25, -0.2) is 4.98 Å². The minimum absolute atomic E-state index is 0.272. The van der Waals surface area contributed by atoms with E-state index in [2.05, 4.69) is 20.5 Å².